The Balaban J connectivity index is 1.43. The lowest BCUT2D eigenvalue weighted by Crippen LogP contribution is -2.30. The van der Waals surface area contributed by atoms with Crippen molar-refractivity contribution >= 4 is 16.8 Å². The Kier molecular flexibility index (Phi) is 5.27. The third-order valence-electron chi connectivity index (χ3n) is 4.81. The van der Waals surface area contributed by atoms with Crippen molar-refractivity contribution in [2.24, 2.45) is 11.5 Å². The number of H-pyrrole nitrogens is 1. The van der Waals surface area contributed by atoms with Gasteiger partial charge in [-0.25, -0.2) is 0 Å². The molecule has 29 heavy (non-hydrogen) atoms. The van der Waals surface area contributed by atoms with Crippen LogP contribution in [-0.2, 0) is 6.42 Å². The number of carbonyl (C=O) groups is 1. The average molecular weight is 386 g/mol. The van der Waals surface area contributed by atoms with Gasteiger partial charge >= 0.3 is 0 Å². The van der Waals surface area contributed by atoms with Crippen molar-refractivity contribution in [1.29, 1.82) is 0 Å². The van der Waals surface area contributed by atoms with Crippen molar-refractivity contribution in [1.82, 2.24) is 9.97 Å². The summed E-state index contributed by atoms with van der Waals surface area (Å²) in [6.07, 6.45) is 6.08. The number of ether oxygens (including phenoxy) is 1. The molecule has 4 rings (SSSR count). The normalized spacial score (nSPS) is 12.0. The second kappa shape index (κ2) is 8.16. The molecular weight excluding hydrogens is 364 g/mol. The highest BCUT2D eigenvalue weighted by molar-refractivity contribution is 5.94. The molecule has 4 aromatic rings. The molecule has 2 aromatic heterocycles. The van der Waals surface area contributed by atoms with Crippen LogP contribution in [0.1, 0.15) is 15.9 Å². The second-order valence-corrected chi connectivity index (χ2v) is 6.99. The van der Waals surface area contributed by atoms with Crippen LogP contribution in [0.5, 0.6) is 5.75 Å². The summed E-state index contributed by atoms with van der Waals surface area (Å²) < 4.78 is 5.88. The number of pyridine rings is 1. The predicted octanol–water partition coefficient (Wildman–Crippen LogP) is 3.28. The van der Waals surface area contributed by atoms with Crippen molar-refractivity contribution in [3.8, 4) is 16.9 Å². The maximum absolute atomic E-state index is 11.4. The van der Waals surface area contributed by atoms with E-state index in [0.717, 1.165) is 16.6 Å². The molecule has 0 aliphatic rings. The summed E-state index contributed by atoms with van der Waals surface area (Å²) in [5.41, 5.74) is 16.1. The van der Waals surface area contributed by atoms with Crippen molar-refractivity contribution in [2.75, 3.05) is 6.61 Å². The zero-order valence-electron chi connectivity index (χ0n) is 15.8. The van der Waals surface area contributed by atoms with E-state index in [9.17, 15) is 4.79 Å². The summed E-state index contributed by atoms with van der Waals surface area (Å²) in [7, 11) is 0. The number of amides is 1. The highest BCUT2D eigenvalue weighted by atomic mass is 16.5. The number of fused-ring (bicyclic) bond motifs is 1. The highest BCUT2D eigenvalue weighted by Gasteiger charge is 2.10. The summed E-state index contributed by atoms with van der Waals surface area (Å²) in [4.78, 5) is 18.9. The maximum atomic E-state index is 11.4. The summed E-state index contributed by atoms with van der Waals surface area (Å²) in [5.74, 6) is 0.164. The zero-order valence-corrected chi connectivity index (χ0v) is 15.8. The van der Waals surface area contributed by atoms with E-state index in [1.165, 1.54) is 10.9 Å². The van der Waals surface area contributed by atoms with Gasteiger partial charge in [-0.05, 0) is 41.8 Å². The van der Waals surface area contributed by atoms with Crippen molar-refractivity contribution < 1.29 is 9.53 Å². The molecule has 0 saturated heterocycles. The van der Waals surface area contributed by atoms with Gasteiger partial charge in [0, 0.05) is 40.5 Å². The molecule has 0 aliphatic carbocycles. The molecule has 0 spiro atoms. The minimum Gasteiger partial charge on any atom is -0.490 e. The Morgan fingerprint density at radius 2 is 1.93 bits per heavy atom. The number of aromatic nitrogens is 2. The van der Waals surface area contributed by atoms with E-state index in [2.05, 4.69) is 16.0 Å². The fourth-order valence-corrected chi connectivity index (χ4v) is 3.35. The largest absolute Gasteiger partial charge is 0.490 e. The van der Waals surface area contributed by atoms with Gasteiger partial charge in [-0.3, -0.25) is 9.78 Å². The quantitative estimate of drug-likeness (QED) is 0.453. The SMILES string of the molecule is NC(=O)c1cccc(-c2cncc(OC[C@@H](N)Cc3c[nH]c4ccccc34)c2)c1. The first kappa shape index (κ1) is 18.7. The van der Waals surface area contributed by atoms with Gasteiger partial charge in [-0.15, -0.1) is 0 Å². The van der Waals surface area contributed by atoms with Crippen molar-refractivity contribution in [3.63, 3.8) is 0 Å². The van der Waals surface area contributed by atoms with Gasteiger partial charge in [-0.2, -0.15) is 0 Å². The Morgan fingerprint density at radius 1 is 1.07 bits per heavy atom. The molecule has 1 atom stereocenters. The number of hydrogen-bond donors (Lipinski definition) is 3. The lowest BCUT2D eigenvalue weighted by molar-refractivity contribution is 0.100. The molecule has 0 aliphatic heterocycles. The van der Waals surface area contributed by atoms with Gasteiger partial charge in [-0.1, -0.05) is 30.3 Å². The topological polar surface area (TPSA) is 107 Å². The van der Waals surface area contributed by atoms with Gasteiger partial charge in [0.1, 0.15) is 12.4 Å². The van der Waals surface area contributed by atoms with Crippen molar-refractivity contribution in [2.45, 2.75) is 12.5 Å². The third-order valence-corrected chi connectivity index (χ3v) is 4.81. The molecule has 0 unspecified atom stereocenters. The molecule has 0 saturated carbocycles. The molecule has 6 nitrogen and oxygen atoms in total. The maximum Gasteiger partial charge on any atom is 0.248 e. The van der Waals surface area contributed by atoms with Gasteiger partial charge in [0.15, 0.2) is 0 Å². The number of nitrogens with zero attached hydrogens (tertiary/aromatic N) is 1. The van der Waals surface area contributed by atoms with Gasteiger partial charge in [0.05, 0.1) is 6.20 Å². The van der Waals surface area contributed by atoms with Crippen LogP contribution in [0, 0.1) is 0 Å². The second-order valence-electron chi connectivity index (χ2n) is 6.99. The van der Waals surface area contributed by atoms with Gasteiger partial charge in [0.2, 0.25) is 5.91 Å². The van der Waals surface area contributed by atoms with Crippen LogP contribution >= 0.6 is 0 Å². The van der Waals surface area contributed by atoms with E-state index in [0.29, 0.717) is 24.3 Å². The van der Waals surface area contributed by atoms with Gasteiger partial charge < -0.3 is 21.2 Å². The fraction of sp³-hybridized carbons (Fsp3) is 0.130. The number of benzene rings is 2. The first-order valence-electron chi connectivity index (χ1n) is 9.39. The Bertz CT molecular complexity index is 1150. The Hall–Kier alpha value is -3.64. The number of primary amides is 1. The zero-order chi connectivity index (χ0) is 20.2. The number of nitrogens with two attached hydrogens (primary N) is 2. The van der Waals surface area contributed by atoms with E-state index >= 15 is 0 Å². The molecule has 0 bridgehead atoms. The first-order chi connectivity index (χ1) is 14.1. The lowest BCUT2D eigenvalue weighted by Gasteiger charge is -2.13. The first-order valence-corrected chi connectivity index (χ1v) is 9.39. The van der Waals surface area contributed by atoms with Crippen LogP contribution in [0.15, 0.2) is 73.2 Å². The number of carbonyl (C=O) groups excluding carboxylic acids is 1. The number of para-hydroxylation sites is 1. The van der Waals surface area contributed by atoms with Crippen LogP contribution in [0.3, 0.4) is 0 Å². The molecule has 146 valence electrons. The lowest BCUT2D eigenvalue weighted by atomic mass is 10.0. The Morgan fingerprint density at radius 3 is 2.79 bits per heavy atom. The van der Waals surface area contributed by atoms with Crippen LogP contribution in [0.2, 0.25) is 0 Å². The van der Waals surface area contributed by atoms with Crippen LogP contribution in [-0.4, -0.2) is 28.5 Å². The standard InChI is InChI=1S/C23H22N4O2/c24-19(9-18-12-27-22-7-2-1-6-21(18)22)14-29-20-10-17(11-26-13-20)15-4-3-5-16(8-15)23(25)28/h1-8,10-13,19,27H,9,14,24H2,(H2,25,28)/t19-/m0/s1. The minimum absolute atomic E-state index is 0.156. The molecule has 0 radical (unpaired) electrons. The molecule has 2 heterocycles. The molecule has 5 N–H and O–H groups in total. The summed E-state index contributed by atoms with van der Waals surface area (Å²) in [5, 5.41) is 1.18. The van der Waals surface area contributed by atoms with E-state index in [1.807, 2.05) is 36.5 Å². The molecule has 6 heteroatoms. The predicted molar refractivity (Wildman–Crippen MR) is 114 cm³/mol. The van der Waals surface area contributed by atoms with Crippen LogP contribution in [0.4, 0.5) is 0 Å². The minimum atomic E-state index is -0.463. The Labute approximate surface area is 168 Å². The average Bonchev–Trinajstić information content (AvgIpc) is 3.15. The van der Waals surface area contributed by atoms with E-state index in [-0.39, 0.29) is 6.04 Å². The van der Waals surface area contributed by atoms with Crippen molar-refractivity contribution in [3.05, 3.63) is 84.3 Å². The van der Waals surface area contributed by atoms with Crippen LogP contribution in [0.25, 0.3) is 22.0 Å². The number of hydrogen-bond acceptors (Lipinski definition) is 4. The molecule has 2 aromatic carbocycles. The number of nitrogens with one attached hydrogen (secondary N) is 1. The summed E-state index contributed by atoms with van der Waals surface area (Å²) in [6.45, 7) is 0.367. The number of rotatable bonds is 7. The highest BCUT2D eigenvalue weighted by Crippen LogP contribution is 2.24. The smallest absolute Gasteiger partial charge is 0.248 e. The molecule has 0 fully saturated rings. The number of aromatic amines is 1. The van der Waals surface area contributed by atoms with E-state index in [4.69, 9.17) is 16.2 Å². The summed E-state index contributed by atoms with van der Waals surface area (Å²) in [6, 6.07) is 17.0. The fourth-order valence-electron chi connectivity index (χ4n) is 3.35. The van der Waals surface area contributed by atoms with E-state index < -0.39 is 5.91 Å². The molecule has 1 amide bonds. The van der Waals surface area contributed by atoms with E-state index in [1.54, 1.807) is 30.6 Å². The van der Waals surface area contributed by atoms with Gasteiger partial charge in [0.25, 0.3) is 0 Å². The third kappa shape index (κ3) is 4.28. The van der Waals surface area contributed by atoms with Crippen LogP contribution < -0.4 is 16.2 Å². The summed E-state index contributed by atoms with van der Waals surface area (Å²) >= 11 is 0. The molecular formula is C23H22N4O2. The monoisotopic (exact) mass is 386 g/mol.